The number of amides is 1. The summed E-state index contributed by atoms with van der Waals surface area (Å²) in [7, 11) is 0. The summed E-state index contributed by atoms with van der Waals surface area (Å²) < 4.78 is 5.58. The van der Waals surface area contributed by atoms with Gasteiger partial charge in [-0.15, -0.1) is 0 Å². The van der Waals surface area contributed by atoms with Crippen LogP contribution in [0.15, 0.2) is 42.5 Å². The van der Waals surface area contributed by atoms with Crippen LogP contribution in [-0.2, 0) is 11.3 Å². The zero-order valence-electron chi connectivity index (χ0n) is 12.3. The normalized spacial score (nSPS) is 10.2. The average molecular weight is 284 g/mol. The first kappa shape index (κ1) is 15.1. The molecule has 3 N–H and O–H groups in total. The van der Waals surface area contributed by atoms with Gasteiger partial charge in [0.2, 0.25) is 0 Å². The summed E-state index contributed by atoms with van der Waals surface area (Å²) in [5.41, 5.74) is 9.44. The lowest BCUT2D eigenvalue weighted by Gasteiger charge is -2.11. The summed E-state index contributed by atoms with van der Waals surface area (Å²) in [5.74, 6) is 0.510. The Balaban J connectivity index is 1.95. The molecule has 0 aliphatic heterocycles. The van der Waals surface area contributed by atoms with Gasteiger partial charge >= 0.3 is 0 Å². The van der Waals surface area contributed by atoms with Crippen molar-refractivity contribution in [3.8, 4) is 5.75 Å². The van der Waals surface area contributed by atoms with Crippen molar-refractivity contribution in [2.45, 2.75) is 20.4 Å². The van der Waals surface area contributed by atoms with E-state index >= 15 is 0 Å². The number of benzene rings is 2. The molecular weight excluding hydrogens is 264 g/mol. The molecule has 0 aliphatic carbocycles. The number of aryl methyl sites for hydroxylation is 2. The summed E-state index contributed by atoms with van der Waals surface area (Å²) >= 11 is 0. The van der Waals surface area contributed by atoms with Crippen LogP contribution in [0.1, 0.15) is 16.7 Å². The number of rotatable bonds is 5. The smallest absolute Gasteiger partial charge is 0.262 e. The lowest BCUT2D eigenvalue weighted by molar-refractivity contribution is -0.118. The van der Waals surface area contributed by atoms with E-state index in [0.717, 1.165) is 22.4 Å². The van der Waals surface area contributed by atoms with Gasteiger partial charge in [-0.25, -0.2) is 0 Å². The number of nitrogens with two attached hydrogens (primary N) is 1. The molecule has 4 nitrogen and oxygen atoms in total. The van der Waals surface area contributed by atoms with Gasteiger partial charge in [-0.05, 0) is 48.7 Å². The third-order valence-electron chi connectivity index (χ3n) is 3.15. The highest BCUT2D eigenvalue weighted by molar-refractivity contribution is 5.91. The molecule has 0 unspecified atom stereocenters. The summed E-state index contributed by atoms with van der Waals surface area (Å²) in [6.07, 6.45) is 0. The fraction of sp³-hybridized carbons (Fsp3) is 0.235. The molecule has 2 aromatic rings. The zero-order chi connectivity index (χ0) is 15.2. The summed E-state index contributed by atoms with van der Waals surface area (Å²) in [6, 6.07) is 13.4. The third kappa shape index (κ3) is 4.33. The minimum absolute atomic E-state index is 0.0250. The van der Waals surface area contributed by atoms with Crippen molar-refractivity contribution in [3.05, 3.63) is 59.2 Å². The molecule has 1 amide bonds. The molecule has 0 atom stereocenters. The van der Waals surface area contributed by atoms with Gasteiger partial charge in [-0.3, -0.25) is 4.79 Å². The number of carbonyl (C=O) groups excluding carboxylic acids is 1. The summed E-state index contributed by atoms with van der Waals surface area (Å²) in [4.78, 5) is 11.9. The highest BCUT2D eigenvalue weighted by Crippen LogP contribution is 2.19. The van der Waals surface area contributed by atoms with Crippen LogP contribution in [0.5, 0.6) is 5.75 Å². The van der Waals surface area contributed by atoms with Crippen LogP contribution in [0.25, 0.3) is 0 Å². The molecule has 0 fully saturated rings. The number of carbonyl (C=O) groups is 1. The van der Waals surface area contributed by atoms with Crippen molar-refractivity contribution < 1.29 is 9.53 Å². The fourth-order valence-corrected chi connectivity index (χ4v) is 1.99. The van der Waals surface area contributed by atoms with E-state index in [1.807, 2.05) is 56.3 Å². The molecule has 21 heavy (non-hydrogen) atoms. The highest BCUT2D eigenvalue weighted by atomic mass is 16.5. The minimum atomic E-state index is -0.182. The van der Waals surface area contributed by atoms with Gasteiger partial charge in [0.15, 0.2) is 6.61 Å². The monoisotopic (exact) mass is 284 g/mol. The maximum Gasteiger partial charge on any atom is 0.262 e. The molecule has 4 heteroatoms. The second-order valence-electron chi connectivity index (χ2n) is 5.01. The van der Waals surface area contributed by atoms with Crippen LogP contribution >= 0.6 is 0 Å². The Morgan fingerprint density at radius 2 is 2.00 bits per heavy atom. The Hall–Kier alpha value is -2.33. The van der Waals surface area contributed by atoms with Crippen LogP contribution < -0.4 is 15.8 Å². The Labute approximate surface area is 124 Å². The predicted octanol–water partition coefficient (Wildman–Crippen LogP) is 2.78. The van der Waals surface area contributed by atoms with Gasteiger partial charge in [0, 0.05) is 12.2 Å². The maximum absolute atomic E-state index is 11.9. The predicted molar refractivity (Wildman–Crippen MR) is 84.4 cm³/mol. The molecule has 0 saturated carbocycles. The van der Waals surface area contributed by atoms with Crippen molar-refractivity contribution in [2.75, 3.05) is 11.9 Å². The lowest BCUT2D eigenvalue weighted by atomic mass is 10.1. The molecule has 0 heterocycles. The number of anilines is 1. The molecule has 0 aromatic heterocycles. The molecule has 0 bridgehead atoms. The lowest BCUT2D eigenvalue weighted by Crippen LogP contribution is -2.20. The SMILES string of the molecule is Cc1cccc(NC(=O)COc2cc(CN)ccc2C)c1. The highest BCUT2D eigenvalue weighted by Gasteiger charge is 2.06. The van der Waals surface area contributed by atoms with Gasteiger partial charge in [0.05, 0.1) is 0 Å². The molecule has 2 rings (SSSR count). The maximum atomic E-state index is 11.9. The first-order valence-electron chi connectivity index (χ1n) is 6.87. The van der Waals surface area contributed by atoms with E-state index in [-0.39, 0.29) is 12.5 Å². The number of hydrogen-bond donors (Lipinski definition) is 2. The molecule has 0 saturated heterocycles. The zero-order valence-corrected chi connectivity index (χ0v) is 12.3. The van der Waals surface area contributed by atoms with Gasteiger partial charge < -0.3 is 15.8 Å². The van der Waals surface area contributed by atoms with Gasteiger partial charge in [-0.2, -0.15) is 0 Å². The first-order chi connectivity index (χ1) is 10.1. The Morgan fingerprint density at radius 3 is 2.71 bits per heavy atom. The molecular formula is C17H20N2O2. The summed E-state index contributed by atoms with van der Waals surface area (Å²) in [5, 5.41) is 2.81. The third-order valence-corrected chi connectivity index (χ3v) is 3.15. The molecule has 0 spiro atoms. The topological polar surface area (TPSA) is 64.3 Å². The van der Waals surface area contributed by atoms with E-state index in [1.165, 1.54) is 0 Å². The van der Waals surface area contributed by atoms with Crippen LogP contribution in [0.3, 0.4) is 0 Å². The quantitative estimate of drug-likeness (QED) is 0.887. The van der Waals surface area contributed by atoms with Crippen molar-refractivity contribution in [3.63, 3.8) is 0 Å². The van der Waals surface area contributed by atoms with E-state index in [0.29, 0.717) is 12.3 Å². The summed E-state index contributed by atoms with van der Waals surface area (Å²) in [6.45, 7) is 4.34. The van der Waals surface area contributed by atoms with E-state index in [9.17, 15) is 4.79 Å². The van der Waals surface area contributed by atoms with Crippen molar-refractivity contribution in [1.82, 2.24) is 0 Å². The first-order valence-corrected chi connectivity index (χ1v) is 6.87. The molecule has 110 valence electrons. The Morgan fingerprint density at radius 1 is 1.19 bits per heavy atom. The number of hydrogen-bond acceptors (Lipinski definition) is 3. The van der Waals surface area contributed by atoms with Gasteiger partial charge in [0.1, 0.15) is 5.75 Å². The van der Waals surface area contributed by atoms with Gasteiger partial charge in [-0.1, -0.05) is 24.3 Å². The van der Waals surface area contributed by atoms with Gasteiger partial charge in [0.25, 0.3) is 5.91 Å². The fourth-order valence-electron chi connectivity index (χ4n) is 1.99. The van der Waals surface area contributed by atoms with Crippen LogP contribution in [-0.4, -0.2) is 12.5 Å². The van der Waals surface area contributed by atoms with Crippen LogP contribution in [0.2, 0.25) is 0 Å². The van der Waals surface area contributed by atoms with Crippen molar-refractivity contribution >= 4 is 11.6 Å². The van der Waals surface area contributed by atoms with E-state index in [4.69, 9.17) is 10.5 Å². The number of ether oxygens (including phenoxy) is 1. The van der Waals surface area contributed by atoms with Crippen LogP contribution in [0, 0.1) is 13.8 Å². The van der Waals surface area contributed by atoms with Crippen molar-refractivity contribution in [2.24, 2.45) is 5.73 Å². The number of nitrogens with one attached hydrogen (secondary N) is 1. The minimum Gasteiger partial charge on any atom is -0.483 e. The Kier molecular flexibility index (Phi) is 4.95. The second kappa shape index (κ2) is 6.90. The standard InChI is InChI=1S/C17H20N2O2/c1-12-4-3-5-15(8-12)19-17(20)11-21-16-9-14(10-18)7-6-13(16)2/h3-9H,10-11,18H2,1-2H3,(H,19,20). The van der Waals surface area contributed by atoms with E-state index < -0.39 is 0 Å². The van der Waals surface area contributed by atoms with Crippen LogP contribution in [0.4, 0.5) is 5.69 Å². The van der Waals surface area contributed by atoms with E-state index in [1.54, 1.807) is 0 Å². The largest absolute Gasteiger partial charge is 0.483 e. The second-order valence-corrected chi connectivity index (χ2v) is 5.01. The van der Waals surface area contributed by atoms with Crippen molar-refractivity contribution in [1.29, 1.82) is 0 Å². The molecule has 0 aliphatic rings. The average Bonchev–Trinajstić information content (AvgIpc) is 2.46. The molecule has 0 radical (unpaired) electrons. The van der Waals surface area contributed by atoms with E-state index in [2.05, 4.69) is 5.32 Å². The Bertz CT molecular complexity index is 638. The molecule has 2 aromatic carbocycles.